The number of nitrogens with zero attached hydrogens (tertiary/aromatic N) is 3. The number of hydrogen-bond acceptors (Lipinski definition) is 9. The number of ether oxygens (including phenoxy) is 2. The third-order valence-electron chi connectivity index (χ3n) is 9.97. The highest BCUT2D eigenvalue weighted by molar-refractivity contribution is 9.10. The number of para-hydroxylation sites is 1. The van der Waals surface area contributed by atoms with E-state index in [-0.39, 0.29) is 10.8 Å². The Balaban J connectivity index is 0.000000183. The van der Waals surface area contributed by atoms with E-state index in [1.54, 1.807) is 25.4 Å². The van der Waals surface area contributed by atoms with E-state index in [1.807, 2.05) is 41.8 Å². The number of halogens is 2. The van der Waals surface area contributed by atoms with Gasteiger partial charge in [0.2, 0.25) is 0 Å². The molecule has 4 aromatic carbocycles. The number of methoxy groups -OCH3 is 1. The number of phenolic OH excluding ortho intramolecular Hbond substituents is 1. The maximum Gasteiger partial charge on any atom is 0.199 e. The lowest BCUT2D eigenvalue weighted by Crippen LogP contribution is -2.18. The van der Waals surface area contributed by atoms with Crippen LogP contribution in [-0.2, 0) is 23.7 Å². The van der Waals surface area contributed by atoms with Crippen LogP contribution >= 0.6 is 38.9 Å². The summed E-state index contributed by atoms with van der Waals surface area (Å²) in [6.07, 6.45) is 7.85. The predicted octanol–water partition coefficient (Wildman–Crippen LogP) is 12.7. The second-order valence-corrected chi connectivity index (χ2v) is 18.8. The molecular formula is C47H47BrClN3O5S. The van der Waals surface area contributed by atoms with Gasteiger partial charge in [-0.05, 0) is 117 Å². The molecule has 0 saturated heterocycles. The Hall–Kier alpha value is -4.82. The summed E-state index contributed by atoms with van der Waals surface area (Å²) in [4.78, 5) is 13.5. The van der Waals surface area contributed by atoms with Crippen LogP contribution in [0.15, 0.2) is 85.5 Å². The van der Waals surface area contributed by atoms with Crippen molar-refractivity contribution in [3.8, 4) is 29.1 Å². The van der Waals surface area contributed by atoms with Gasteiger partial charge in [-0.3, -0.25) is 0 Å². The van der Waals surface area contributed by atoms with Crippen molar-refractivity contribution in [3.05, 3.63) is 126 Å². The van der Waals surface area contributed by atoms with Crippen LogP contribution in [0.5, 0.6) is 17.2 Å². The second-order valence-electron chi connectivity index (χ2n) is 16.6. The first-order valence-corrected chi connectivity index (χ1v) is 21.4. The van der Waals surface area contributed by atoms with E-state index in [9.17, 15) is 5.11 Å². The number of aromatic nitrogens is 3. The molecule has 1 fully saturated rings. The predicted molar refractivity (Wildman–Crippen MR) is 236 cm³/mol. The first-order chi connectivity index (χ1) is 27.6. The number of oxazole rings is 2. The first kappa shape index (κ1) is 41.3. The molecular weight excluding hydrogens is 834 g/mol. The molecule has 300 valence electrons. The molecule has 0 spiro atoms. The quantitative estimate of drug-likeness (QED) is 0.158. The maximum atomic E-state index is 11.0. The fraction of sp³-hybridized carbons (Fsp3) is 0.340. The lowest BCUT2D eigenvalue weighted by Gasteiger charge is -2.28. The molecule has 3 aromatic heterocycles. The van der Waals surface area contributed by atoms with Gasteiger partial charge in [0.1, 0.15) is 16.8 Å². The van der Waals surface area contributed by atoms with Crippen molar-refractivity contribution in [1.82, 2.24) is 15.0 Å². The van der Waals surface area contributed by atoms with Crippen LogP contribution in [0.4, 0.5) is 0 Å². The normalized spacial score (nSPS) is 13.3. The molecule has 0 aliphatic heterocycles. The molecule has 8 rings (SSSR count). The van der Waals surface area contributed by atoms with Crippen molar-refractivity contribution >= 4 is 61.1 Å². The van der Waals surface area contributed by atoms with Crippen LogP contribution in [-0.4, -0.2) is 33.3 Å². The minimum Gasteiger partial charge on any atom is -0.507 e. The molecule has 0 unspecified atom stereocenters. The van der Waals surface area contributed by atoms with Crippen molar-refractivity contribution in [3.63, 3.8) is 0 Å². The Kier molecular flexibility index (Phi) is 12.3. The highest BCUT2D eigenvalue weighted by Gasteiger charge is 2.27. The largest absolute Gasteiger partial charge is 0.507 e. The van der Waals surface area contributed by atoms with Crippen molar-refractivity contribution < 1.29 is 23.4 Å². The van der Waals surface area contributed by atoms with Gasteiger partial charge in [0, 0.05) is 29.4 Å². The average Bonchev–Trinajstić information content (AvgIpc) is 3.99. The minimum atomic E-state index is -0.201. The summed E-state index contributed by atoms with van der Waals surface area (Å²) >= 11 is 11.3. The van der Waals surface area contributed by atoms with Gasteiger partial charge in [0.15, 0.2) is 39.5 Å². The monoisotopic (exact) mass is 879 g/mol. The molecule has 3 heterocycles. The zero-order valence-corrected chi connectivity index (χ0v) is 37.0. The standard InChI is InChI=1S/C27H27ClN2O2S.C20H20BrNO3/c1-26(2,3)19-11-16(12-20(24(19)31)27(4,5)6)13-22-30-21-15-18(28)14-17(25(21)32-22)7-8-23-29-9-10-33-23;1-23-17-10-9-13(11-18(17)24-14-5-2-3-6-14)12-19-22-16-8-4-7-15(21)20(16)25-19/h9-12,14-15,31H,13H2,1-6H3;4,7-11,14H,2-3,5-6,12H2,1H3. The van der Waals surface area contributed by atoms with Gasteiger partial charge in [0.25, 0.3) is 0 Å². The fourth-order valence-electron chi connectivity index (χ4n) is 7.05. The van der Waals surface area contributed by atoms with Gasteiger partial charge in [0.05, 0.1) is 23.2 Å². The molecule has 0 atom stereocenters. The Bertz CT molecular complexity index is 2580. The third kappa shape index (κ3) is 9.71. The van der Waals surface area contributed by atoms with Crippen LogP contribution in [0.1, 0.15) is 112 Å². The molecule has 0 radical (unpaired) electrons. The molecule has 1 aliphatic rings. The zero-order chi connectivity index (χ0) is 41.2. The summed E-state index contributed by atoms with van der Waals surface area (Å²) in [5.74, 6) is 9.40. The number of hydrogen-bond donors (Lipinski definition) is 1. The van der Waals surface area contributed by atoms with E-state index < -0.39 is 0 Å². The van der Waals surface area contributed by atoms with Gasteiger partial charge in [-0.1, -0.05) is 83.3 Å². The van der Waals surface area contributed by atoms with Gasteiger partial charge in [-0.25, -0.2) is 15.0 Å². The maximum absolute atomic E-state index is 11.0. The van der Waals surface area contributed by atoms with Gasteiger partial charge in [-0.2, -0.15) is 0 Å². The second kappa shape index (κ2) is 17.2. The SMILES string of the molecule is CC(C)(C)c1cc(Cc2nc3cc(Cl)cc(C#Cc4nccs4)c3o2)cc(C(C)(C)C)c1O.COc1ccc(Cc2nc3cccc(Br)c3o2)cc1OC1CCCC1. The van der Waals surface area contributed by atoms with Crippen molar-refractivity contribution in [2.75, 3.05) is 7.11 Å². The molecule has 1 N–H and O–H groups in total. The number of phenols is 1. The average molecular weight is 881 g/mol. The topological polar surface area (TPSA) is 104 Å². The molecule has 11 heteroatoms. The molecule has 58 heavy (non-hydrogen) atoms. The smallest absolute Gasteiger partial charge is 0.199 e. The Morgan fingerprint density at radius 1 is 0.828 bits per heavy atom. The van der Waals surface area contributed by atoms with Crippen molar-refractivity contribution in [2.45, 2.75) is 97.0 Å². The van der Waals surface area contributed by atoms with Crippen molar-refractivity contribution in [1.29, 1.82) is 0 Å². The first-order valence-electron chi connectivity index (χ1n) is 19.4. The fourth-order valence-corrected chi connectivity index (χ4v) is 8.19. The van der Waals surface area contributed by atoms with Crippen molar-refractivity contribution in [2.24, 2.45) is 0 Å². The van der Waals surface area contributed by atoms with E-state index in [0.29, 0.717) is 58.2 Å². The molecule has 7 aromatic rings. The lowest BCUT2D eigenvalue weighted by molar-refractivity contribution is 0.200. The van der Waals surface area contributed by atoms with E-state index in [1.165, 1.54) is 24.2 Å². The lowest BCUT2D eigenvalue weighted by atomic mass is 9.78. The summed E-state index contributed by atoms with van der Waals surface area (Å²) in [5.41, 5.74) is 7.18. The summed E-state index contributed by atoms with van der Waals surface area (Å²) in [7, 11) is 1.68. The number of rotatable bonds is 7. The Labute approximate surface area is 357 Å². The third-order valence-corrected chi connectivity index (χ3v) is 11.5. The van der Waals surface area contributed by atoms with Crippen LogP contribution in [0.3, 0.4) is 0 Å². The van der Waals surface area contributed by atoms with Gasteiger partial charge < -0.3 is 23.4 Å². The summed E-state index contributed by atoms with van der Waals surface area (Å²) in [6, 6.07) is 19.6. The van der Waals surface area contributed by atoms with E-state index >= 15 is 0 Å². The summed E-state index contributed by atoms with van der Waals surface area (Å²) in [5, 5.41) is 14.2. The van der Waals surface area contributed by atoms with E-state index in [2.05, 4.69) is 96.4 Å². The highest BCUT2D eigenvalue weighted by Crippen LogP contribution is 2.40. The molecule has 1 aliphatic carbocycles. The van der Waals surface area contributed by atoms with Crippen LogP contribution in [0.25, 0.3) is 22.2 Å². The molecule has 1 saturated carbocycles. The Morgan fingerprint density at radius 3 is 2.14 bits per heavy atom. The number of fused-ring (bicyclic) bond motifs is 2. The van der Waals surface area contributed by atoms with E-state index in [0.717, 1.165) is 67.2 Å². The van der Waals surface area contributed by atoms with Crippen LogP contribution in [0.2, 0.25) is 5.02 Å². The van der Waals surface area contributed by atoms with E-state index in [4.69, 9.17) is 29.9 Å². The molecule has 0 bridgehead atoms. The number of thiazole rings is 1. The summed E-state index contributed by atoms with van der Waals surface area (Å²) in [6.45, 7) is 12.6. The Morgan fingerprint density at radius 2 is 1.50 bits per heavy atom. The minimum absolute atomic E-state index is 0.201. The number of aromatic hydroxyl groups is 1. The molecule has 0 amide bonds. The van der Waals surface area contributed by atoms with Crippen LogP contribution in [0, 0.1) is 11.8 Å². The zero-order valence-electron chi connectivity index (χ0n) is 33.8. The molecule has 8 nitrogen and oxygen atoms in total. The highest BCUT2D eigenvalue weighted by atomic mass is 79.9. The van der Waals surface area contributed by atoms with Gasteiger partial charge in [-0.15, -0.1) is 11.3 Å². The van der Waals surface area contributed by atoms with Crippen LogP contribution < -0.4 is 9.47 Å². The van der Waals surface area contributed by atoms with Gasteiger partial charge >= 0.3 is 0 Å². The number of benzene rings is 4. The summed E-state index contributed by atoms with van der Waals surface area (Å²) < 4.78 is 24.6.